The fraction of sp³-hybridized carbons (Fsp3) is 0.667. The van der Waals surface area contributed by atoms with E-state index in [-0.39, 0.29) is 5.78 Å². The molecule has 0 N–H and O–H groups in total. The maximum atomic E-state index is 11.3. The summed E-state index contributed by atoms with van der Waals surface area (Å²) in [5.74, 6) is 3.39. The van der Waals surface area contributed by atoms with E-state index in [1.54, 1.807) is 11.6 Å². The van der Waals surface area contributed by atoms with Crippen LogP contribution in [0.25, 0.3) is 0 Å². The first kappa shape index (κ1) is 11.7. The fourth-order valence-electron chi connectivity index (χ4n) is 2.22. The van der Waals surface area contributed by atoms with Crippen LogP contribution in [0, 0.1) is 5.92 Å². The van der Waals surface area contributed by atoms with Gasteiger partial charge in [-0.3, -0.25) is 9.48 Å². The first-order valence-electron chi connectivity index (χ1n) is 5.78. The molecular weight excluding hydrogens is 220 g/mol. The SMILES string of the molecule is CC(=O)c1cc(CC2CCCSC2)nn1C. The van der Waals surface area contributed by atoms with Gasteiger partial charge in [0.1, 0.15) is 5.69 Å². The summed E-state index contributed by atoms with van der Waals surface area (Å²) in [4.78, 5) is 11.3. The Morgan fingerprint density at radius 3 is 3.06 bits per heavy atom. The standard InChI is InChI=1S/C12H18N2OS/c1-9(15)12-7-11(13-14(12)2)6-10-4-3-5-16-8-10/h7,10H,3-6,8H2,1-2H3. The largest absolute Gasteiger partial charge is 0.293 e. The topological polar surface area (TPSA) is 34.9 Å². The molecule has 1 aromatic rings. The summed E-state index contributed by atoms with van der Waals surface area (Å²) >= 11 is 2.04. The minimum atomic E-state index is 0.0965. The number of ketones is 1. The molecule has 3 nitrogen and oxygen atoms in total. The number of rotatable bonds is 3. The summed E-state index contributed by atoms with van der Waals surface area (Å²) in [6.07, 6.45) is 3.65. The number of aromatic nitrogens is 2. The van der Waals surface area contributed by atoms with Gasteiger partial charge in [-0.05, 0) is 42.8 Å². The van der Waals surface area contributed by atoms with E-state index in [2.05, 4.69) is 5.10 Å². The number of nitrogens with zero attached hydrogens (tertiary/aromatic N) is 2. The minimum Gasteiger partial charge on any atom is -0.293 e. The monoisotopic (exact) mass is 238 g/mol. The molecule has 0 radical (unpaired) electrons. The van der Waals surface area contributed by atoms with Crippen LogP contribution in [0.3, 0.4) is 0 Å². The molecule has 1 unspecified atom stereocenters. The summed E-state index contributed by atoms with van der Waals surface area (Å²) in [5.41, 5.74) is 1.79. The molecule has 0 aromatic carbocycles. The summed E-state index contributed by atoms with van der Waals surface area (Å²) < 4.78 is 1.70. The predicted molar refractivity (Wildman–Crippen MR) is 67.0 cm³/mol. The van der Waals surface area contributed by atoms with Crippen molar-refractivity contribution in [3.8, 4) is 0 Å². The number of hydrogen-bond donors (Lipinski definition) is 0. The van der Waals surface area contributed by atoms with Gasteiger partial charge in [-0.1, -0.05) is 0 Å². The number of Topliss-reactive ketones (excluding diaryl/α,β-unsaturated/α-hetero) is 1. The maximum absolute atomic E-state index is 11.3. The highest BCUT2D eigenvalue weighted by Crippen LogP contribution is 2.25. The lowest BCUT2D eigenvalue weighted by atomic mass is 9.99. The number of aryl methyl sites for hydroxylation is 1. The number of hydrogen-bond acceptors (Lipinski definition) is 3. The smallest absolute Gasteiger partial charge is 0.177 e. The Kier molecular flexibility index (Phi) is 3.69. The molecule has 1 atom stereocenters. The number of thioether (sulfide) groups is 1. The van der Waals surface area contributed by atoms with Crippen molar-refractivity contribution in [2.75, 3.05) is 11.5 Å². The van der Waals surface area contributed by atoms with Crippen LogP contribution >= 0.6 is 11.8 Å². The average Bonchev–Trinajstić information content (AvgIpc) is 2.61. The molecule has 16 heavy (non-hydrogen) atoms. The molecule has 1 aliphatic heterocycles. The van der Waals surface area contributed by atoms with Crippen LogP contribution in [-0.2, 0) is 13.5 Å². The lowest BCUT2D eigenvalue weighted by Crippen LogP contribution is -2.13. The quantitative estimate of drug-likeness (QED) is 0.758. The third kappa shape index (κ3) is 2.67. The van der Waals surface area contributed by atoms with E-state index >= 15 is 0 Å². The normalized spacial score (nSPS) is 21.0. The Morgan fingerprint density at radius 2 is 2.50 bits per heavy atom. The van der Waals surface area contributed by atoms with E-state index in [1.807, 2.05) is 24.9 Å². The predicted octanol–water partition coefficient (Wildman–Crippen LogP) is 2.31. The Labute approximate surface area is 101 Å². The van der Waals surface area contributed by atoms with Crippen LogP contribution in [0.15, 0.2) is 6.07 Å². The van der Waals surface area contributed by atoms with E-state index in [0.29, 0.717) is 0 Å². The molecule has 4 heteroatoms. The Bertz CT molecular complexity index is 380. The maximum Gasteiger partial charge on any atom is 0.177 e. The molecule has 0 amide bonds. The van der Waals surface area contributed by atoms with E-state index in [1.165, 1.54) is 24.3 Å². The molecule has 0 saturated carbocycles. The molecule has 0 aliphatic carbocycles. The van der Waals surface area contributed by atoms with Crippen LogP contribution in [0.1, 0.15) is 35.9 Å². The Morgan fingerprint density at radius 1 is 1.69 bits per heavy atom. The van der Waals surface area contributed by atoms with Crippen LogP contribution < -0.4 is 0 Å². The Balaban J connectivity index is 2.03. The fourth-order valence-corrected chi connectivity index (χ4v) is 3.38. The van der Waals surface area contributed by atoms with Gasteiger partial charge in [-0.2, -0.15) is 16.9 Å². The van der Waals surface area contributed by atoms with Gasteiger partial charge in [-0.25, -0.2) is 0 Å². The zero-order valence-corrected chi connectivity index (χ0v) is 10.7. The summed E-state index contributed by atoms with van der Waals surface area (Å²) in [7, 11) is 1.84. The molecule has 1 fully saturated rings. The van der Waals surface area contributed by atoms with Crippen molar-refractivity contribution in [3.63, 3.8) is 0 Å². The third-order valence-corrected chi connectivity index (χ3v) is 4.33. The third-order valence-electron chi connectivity index (χ3n) is 3.04. The molecular formula is C12H18N2OS. The van der Waals surface area contributed by atoms with Crippen molar-refractivity contribution in [1.29, 1.82) is 0 Å². The van der Waals surface area contributed by atoms with Crippen molar-refractivity contribution in [3.05, 3.63) is 17.5 Å². The first-order chi connectivity index (χ1) is 7.66. The number of carbonyl (C=O) groups is 1. The molecule has 88 valence electrons. The second kappa shape index (κ2) is 5.04. The van der Waals surface area contributed by atoms with Gasteiger partial charge in [0, 0.05) is 14.0 Å². The van der Waals surface area contributed by atoms with Crippen molar-refractivity contribution in [1.82, 2.24) is 9.78 Å². The molecule has 2 rings (SSSR count). The van der Waals surface area contributed by atoms with E-state index < -0.39 is 0 Å². The van der Waals surface area contributed by atoms with Crippen LogP contribution in [0.2, 0.25) is 0 Å². The van der Waals surface area contributed by atoms with Crippen molar-refractivity contribution >= 4 is 17.5 Å². The van der Waals surface area contributed by atoms with Gasteiger partial charge >= 0.3 is 0 Å². The molecule has 2 heterocycles. The zero-order valence-electron chi connectivity index (χ0n) is 9.90. The summed E-state index contributed by atoms with van der Waals surface area (Å²) in [5, 5.41) is 4.41. The van der Waals surface area contributed by atoms with E-state index in [4.69, 9.17) is 0 Å². The summed E-state index contributed by atoms with van der Waals surface area (Å²) in [6, 6.07) is 1.95. The minimum absolute atomic E-state index is 0.0965. The van der Waals surface area contributed by atoms with Crippen molar-refractivity contribution in [2.24, 2.45) is 13.0 Å². The second-order valence-electron chi connectivity index (χ2n) is 4.49. The van der Waals surface area contributed by atoms with Gasteiger partial charge < -0.3 is 0 Å². The first-order valence-corrected chi connectivity index (χ1v) is 6.94. The average molecular weight is 238 g/mol. The van der Waals surface area contributed by atoms with Gasteiger partial charge in [0.25, 0.3) is 0 Å². The van der Waals surface area contributed by atoms with Crippen molar-refractivity contribution in [2.45, 2.75) is 26.2 Å². The highest BCUT2D eigenvalue weighted by molar-refractivity contribution is 7.99. The van der Waals surface area contributed by atoms with Gasteiger partial charge in [0.15, 0.2) is 5.78 Å². The highest BCUT2D eigenvalue weighted by Gasteiger charge is 2.17. The van der Waals surface area contributed by atoms with Crippen LogP contribution in [-0.4, -0.2) is 27.1 Å². The van der Waals surface area contributed by atoms with Crippen molar-refractivity contribution < 1.29 is 4.79 Å². The molecule has 1 saturated heterocycles. The zero-order chi connectivity index (χ0) is 11.5. The number of carbonyl (C=O) groups excluding carboxylic acids is 1. The van der Waals surface area contributed by atoms with E-state index in [0.717, 1.165) is 23.7 Å². The molecule has 0 bridgehead atoms. The van der Waals surface area contributed by atoms with E-state index in [9.17, 15) is 4.79 Å². The molecule has 1 aliphatic rings. The second-order valence-corrected chi connectivity index (χ2v) is 5.64. The van der Waals surface area contributed by atoms with Crippen LogP contribution in [0.5, 0.6) is 0 Å². The molecule has 0 spiro atoms. The lowest BCUT2D eigenvalue weighted by molar-refractivity contribution is 0.100. The van der Waals surface area contributed by atoms with Crippen LogP contribution in [0.4, 0.5) is 0 Å². The lowest BCUT2D eigenvalue weighted by Gasteiger charge is -2.19. The van der Waals surface area contributed by atoms with Gasteiger partial charge in [0.05, 0.1) is 5.69 Å². The van der Waals surface area contributed by atoms with Gasteiger partial charge in [-0.15, -0.1) is 0 Å². The summed E-state index contributed by atoms with van der Waals surface area (Å²) in [6.45, 7) is 1.59. The highest BCUT2D eigenvalue weighted by atomic mass is 32.2. The Hall–Kier alpha value is -0.770. The van der Waals surface area contributed by atoms with Gasteiger partial charge in [0.2, 0.25) is 0 Å². The molecule has 1 aromatic heterocycles.